The van der Waals surface area contributed by atoms with Gasteiger partial charge in [-0.05, 0) is 31.3 Å². The minimum atomic E-state index is -0.0444. The fourth-order valence-corrected chi connectivity index (χ4v) is 4.50. The summed E-state index contributed by atoms with van der Waals surface area (Å²) in [6, 6.07) is 17.1. The van der Waals surface area contributed by atoms with Gasteiger partial charge in [-0.15, -0.1) is 0 Å². The van der Waals surface area contributed by atoms with Crippen LogP contribution in [-0.4, -0.2) is 72.1 Å². The molecule has 0 bridgehead atoms. The number of aromatic nitrogens is 2. The smallest absolute Gasteiger partial charge is 0.260 e. The summed E-state index contributed by atoms with van der Waals surface area (Å²) in [5.74, 6) is 2.29. The predicted molar refractivity (Wildman–Crippen MR) is 133 cm³/mol. The molecule has 0 atom stereocenters. The van der Waals surface area contributed by atoms with Crippen LogP contribution in [0.25, 0.3) is 11.4 Å². The number of carbonyl (C=O) groups is 1. The molecule has 3 heterocycles. The van der Waals surface area contributed by atoms with E-state index in [2.05, 4.69) is 16.8 Å². The second-order valence-corrected chi connectivity index (χ2v) is 9.20. The van der Waals surface area contributed by atoms with Gasteiger partial charge in [0, 0.05) is 55.3 Å². The third kappa shape index (κ3) is 5.00. The van der Waals surface area contributed by atoms with Crippen molar-refractivity contribution in [3.8, 4) is 17.1 Å². The molecule has 0 unspecified atom stereocenters. The van der Waals surface area contributed by atoms with Crippen molar-refractivity contribution in [2.45, 2.75) is 13.0 Å². The average molecular weight is 478 g/mol. The van der Waals surface area contributed by atoms with Crippen molar-refractivity contribution in [3.05, 3.63) is 70.9 Å². The van der Waals surface area contributed by atoms with Crippen LogP contribution in [0.15, 0.2) is 54.6 Å². The summed E-state index contributed by atoms with van der Waals surface area (Å²) in [7, 11) is 2.14. The highest BCUT2D eigenvalue weighted by atomic mass is 35.5. The van der Waals surface area contributed by atoms with E-state index in [1.165, 1.54) is 0 Å². The van der Waals surface area contributed by atoms with E-state index in [4.69, 9.17) is 26.3 Å². The van der Waals surface area contributed by atoms with E-state index in [0.717, 1.165) is 54.6 Å². The number of piperazine rings is 1. The van der Waals surface area contributed by atoms with Gasteiger partial charge in [-0.25, -0.2) is 9.97 Å². The first-order valence-corrected chi connectivity index (χ1v) is 12.0. The second-order valence-electron chi connectivity index (χ2n) is 8.76. The number of ether oxygens (including phenoxy) is 1. The van der Waals surface area contributed by atoms with Gasteiger partial charge < -0.3 is 19.4 Å². The highest BCUT2D eigenvalue weighted by molar-refractivity contribution is 6.30. The molecule has 0 N–H and O–H groups in total. The molecule has 0 aliphatic carbocycles. The highest BCUT2D eigenvalue weighted by Crippen LogP contribution is 2.30. The maximum Gasteiger partial charge on any atom is 0.260 e. The van der Waals surface area contributed by atoms with Gasteiger partial charge in [-0.1, -0.05) is 41.9 Å². The molecule has 2 aromatic carbocycles. The van der Waals surface area contributed by atoms with Crippen LogP contribution >= 0.6 is 11.6 Å². The molecule has 1 amide bonds. The number of fused-ring (bicyclic) bond motifs is 1. The molecule has 1 saturated heterocycles. The topological polar surface area (TPSA) is 61.8 Å². The fourth-order valence-electron chi connectivity index (χ4n) is 4.37. The first kappa shape index (κ1) is 22.6. The Kier molecular flexibility index (Phi) is 6.65. The zero-order chi connectivity index (χ0) is 23.5. The first-order chi connectivity index (χ1) is 16.6. The Hall–Kier alpha value is -3.16. The number of rotatable bonds is 5. The number of anilines is 1. The van der Waals surface area contributed by atoms with Crippen LogP contribution in [0.3, 0.4) is 0 Å². The molecule has 0 spiro atoms. The van der Waals surface area contributed by atoms with E-state index in [9.17, 15) is 4.79 Å². The van der Waals surface area contributed by atoms with E-state index in [0.29, 0.717) is 30.3 Å². The molecule has 3 aromatic rings. The number of hydrogen-bond acceptors (Lipinski definition) is 6. The molecule has 5 rings (SSSR count). The van der Waals surface area contributed by atoms with Gasteiger partial charge in [0.25, 0.3) is 5.91 Å². The summed E-state index contributed by atoms with van der Waals surface area (Å²) in [6.07, 6.45) is 0.700. The molecule has 0 saturated carbocycles. The highest BCUT2D eigenvalue weighted by Gasteiger charge is 2.29. The van der Waals surface area contributed by atoms with Crippen LogP contribution in [0.1, 0.15) is 11.3 Å². The Morgan fingerprint density at radius 2 is 1.71 bits per heavy atom. The largest absolute Gasteiger partial charge is 0.484 e. The van der Waals surface area contributed by atoms with Crippen LogP contribution in [0, 0.1) is 0 Å². The number of benzene rings is 2. The molecular formula is C26H28ClN5O2. The summed E-state index contributed by atoms with van der Waals surface area (Å²) >= 11 is 5.93. The van der Waals surface area contributed by atoms with Crippen molar-refractivity contribution in [3.63, 3.8) is 0 Å². The monoisotopic (exact) mass is 477 g/mol. The number of hydrogen-bond donors (Lipinski definition) is 0. The lowest BCUT2D eigenvalue weighted by Gasteiger charge is -2.37. The lowest BCUT2D eigenvalue weighted by atomic mass is 10.0. The zero-order valence-electron chi connectivity index (χ0n) is 19.3. The molecule has 176 valence electrons. The number of amides is 1. The van der Waals surface area contributed by atoms with Crippen molar-refractivity contribution in [1.29, 1.82) is 0 Å². The standard InChI is InChI=1S/C26H28ClN5O2/c1-30-13-15-31(16-14-30)26-22-17-32(24(33)18-34-21-9-7-20(27)8-10-21)12-11-23(22)28-25(29-26)19-5-3-2-4-6-19/h2-10H,11-18H2,1H3. The molecule has 2 aliphatic heterocycles. The van der Waals surface area contributed by atoms with E-state index in [-0.39, 0.29) is 12.5 Å². The third-order valence-corrected chi connectivity index (χ3v) is 6.65. The number of nitrogens with zero attached hydrogens (tertiary/aromatic N) is 5. The number of carbonyl (C=O) groups excluding carboxylic acids is 1. The number of halogens is 1. The van der Waals surface area contributed by atoms with Gasteiger partial charge in [-0.2, -0.15) is 0 Å². The normalized spacial score (nSPS) is 16.3. The van der Waals surface area contributed by atoms with Gasteiger partial charge in [0.1, 0.15) is 11.6 Å². The Morgan fingerprint density at radius 1 is 0.971 bits per heavy atom. The lowest BCUT2D eigenvalue weighted by molar-refractivity contribution is -0.134. The minimum absolute atomic E-state index is 0.0102. The second kappa shape index (κ2) is 9.99. The molecule has 34 heavy (non-hydrogen) atoms. The molecule has 0 radical (unpaired) electrons. The van der Waals surface area contributed by atoms with E-state index < -0.39 is 0 Å². The summed E-state index contributed by atoms with van der Waals surface area (Å²) in [4.78, 5) is 29.4. The Labute approximate surface area is 204 Å². The molecule has 1 aromatic heterocycles. The van der Waals surface area contributed by atoms with Crippen molar-refractivity contribution < 1.29 is 9.53 Å². The lowest BCUT2D eigenvalue weighted by Crippen LogP contribution is -2.46. The van der Waals surface area contributed by atoms with Gasteiger partial charge in [0.15, 0.2) is 12.4 Å². The quantitative estimate of drug-likeness (QED) is 0.560. The Morgan fingerprint density at radius 3 is 2.44 bits per heavy atom. The summed E-state index contributed by atoms with van der Waals surface area (Å²) in [5.41, 5.74) is 3.09. The van der Waals surface area contributed by atoms with Crippen LogP contribution in [-0.2, 0) is 17.8 Å². The van der Waals surface area contributed by atoms with Crippen molar-refractivity contribution >= 4 is 23.3 Å². The first-order valence-electron chi connectivity index (χ1n) is 11.6. The van der Waals surface area contributed by atoms with Crippen LogP contribution in [0.4, 0.5) is 5.82 Å². The molecular weight excluding hydrogens is 450 g/mol. The van der Waals surface area contributed by atoms with Gasteiger partial charge in [-0.3, -0.25) is 4.79 Å². The molecule has 8 heteroatoms. The molecule has 1 fully saturated rings. The van der Waals surface area contributed by atoms with Gasteiger partial charge >= 0.3 is 0 Å². The van der Waals surface area contributed by atoms with Gasteiger partial charge in [0.05, 0.1) is 12.2 Å². The van der Waals surface area contributed by atoms with Crippen molar-refractivity contribution in [2.24, 2.45) is 0 Å². The van der Waals surface area contributed by atoms with Crippen molar-refractivity contribution in [1.82, 2.24) is 19.8 Å². The van der Waals surface area contributed by atoms with Crippen LogP contribution in [0.2, 0.25) is 5.02 Å². The SMILES string of the molecule is CN1CCN(c2nc(-c3ccccc3)nc3c2CN(C(=O)COc2ccc(Cl)cc2)CC3)CC1. The maximum atomic E-state index is 13.0. The zero-order valence-corrected chi connectivity index (χ0v) is 20.0. The average Bonchev–Trinajstić information content (AvgIpc) is 2.88. The minimum Gasteiger partial charge on any atom is -0.484 e. The fraction of sp³-hybridized carbons (Fsp3) is 0.346. The Balaban J connectivity index is 1.38. The van der Waals surface area contributed by atoms with E-state index in [1.807, 2.05) is 35.2 Å². The molecule has 2 aliphatic rings. The van der Waals surface area contributed by atoms with Crippen LogP contribution in [0.5, 0.6) is 5.75 Å². The van der Waals surface area contributed by atoms with Gasteiger partial charge in [0.2, 0.25) is 0 Å². The number of likely N-dealkylation sites (N-methyl/N-ethyl adjacent to an activating group) is 1. The Bertz CT molecular complexity index is 1150. The van der Waals surface area contributed by atoms with Crippen molar-refractivity contribution in [2.75, 3.05) is 51.3 Å². The third-order valence-electron chi connectivity index (χ3n) is 6.40. The predicted octanol–water partition coefficient (Wildman–Crippen LogP) is 3.51. The van der Waals surface area contributed by atoms with Crippen LogP contribution < -0.4 is 9.64 Å². The summed E-state index contributed by atoms with van der Waals surface area (Å²) < 4.78 is 5.70. The maximum absolute atomic E-state index is 13.0. The van der Waals surface area contributed by atoms with E-state index >= 15 is 0 Å². The van der Waals surface area contributed by atoms with E-state index in [1.54, 1.807) is 24.3 Å². The summed E-state index contributed by atoms with van der Waals surface area (Å²) in [6.45, 7) is 4.87. The molecule has 7 nitrogen and oxygen atoms in total. The summed E-state index contributed by atoms with van der Waals surface area (Å²) in [5, 5.41) is 0.637.